The summed E-state index contributed by atoms with van der Waals surface area (Å²) in [6.07, 6.45) is 9.36. The van der Waals surface area contributed by atoms with Crippen LogP contribution in [0.15, 0.2) is 18.3 Å². The Kier molecular flexibility index (Phi) is 7.50. The Bertz CT molecular complexity index is 977. The van der Waals surface area contributed by atoms with Crippen molar-refractivity contribution in [1.29, 1.82) is 0 Å². The van der Waals surface area contributed by atoms with E-state index >= 15 is 0 Å². The van der Waals surface area contributed by atoms with Crippen molar-refractivity contribution >= 4 is 35.0 Å². The number of carbonyl (C=O) groups excluding carboxylic acids is 2. The highest BCUT2D eigenvalue weighted by atomic mass is 16.5. The van der Waals surface area contributed by atoms with Crippen LogP contribution in [0.4, 0.5) is 11.5 Å². The van der Waals surface area contributed by atoms with E-state index in [-0.39, 0.29) is 5.91 Å². The van der Waals surface area contributed by atoms with Crippen LogP contribution in [0.2, 0.25) is 0 Å². The van der Waals surface area contributed by atoms with Crippen LogP contribution in [0.3, 0.4) is 0 Å². The molecule has 0 bridgehead atoms. The van der Waals surface area contributed by atoms with E-state index in [1.165, 1.54) is 25.7 Å². The first-order valence-corrected chi connectivity index (χ1v) is 11.1. The average molecular weight is 425 g/mol. The van der Waals surface area contributed by atoms with Gasteiger partial charge in [0.15, 0.2) is 0 Å². The zero-order valence-corrected chi connectivity index (χ0v) is 18.8. The number of amides is 1. The maximum Gasteiger partial charge on any atom is 0.340 e. The minimum atomic E-state index is -0.411. The fourth-order valence-corrected chi connectivity index (χ4v) is 3.76. The molecule has 7 nitrogen and oxygen atoms in total. The fourth-order valence-electron chi connectivity index (χ4n) is 3.76. The van der Waals surface area contributed by atoms with Gasteiger partial charge in [-0.25, -0.2) is 9.78 Å². The van der Waals surface area contributed by atoms with Gasteiger partial charge < -0.3 is 20.4 Å². The maximum atomic E-state index is 12.6. The summed E-state index contributed by atoms with van der Waals surface area (Å²) in [5.74, 6) is 0.104. The second-order valence-electron chi connectivity index (χ2n) is 8.02. The minimum absolute atomic E-state index is 0.219. The molecule has 0 fully saturated rings. The lowest BCUT2D eigenvalue weighted by Gasteiger charge is -2.15. The number of ether oxygens (including phenoxy) is 1. The zero-order chi connectivity index (χ0) is 22.4. The van der Waals surface area contributed by atoms with Crippen molar-refractivity contribution in [3.8, 4) is 0 Å². The Balaban J connectivity index is 1.82. The molecule has 31 heavy (non-hydrogen) atoms. The number of rotatable bonds is 10. The van der Waals surface area contributed by atoms with Crippen molar-refractivity contribution in [2.45, 2.75) is 65.8 Å². The summed E-state index contributed by atoms with van der Waals surface area (Å²) in [4.78, 5) is 32.5. The third-order valence-electron chi connectivity index (χ3n) is 5.34. The molecular formula is C24H32N4O3. The number of aromatic nitrogens is 2. The molecule has 0 saturated carbocycles. The number of unbranched alkanes of at least 4 members (excludes halogenated alkanes) is 3. The third kappa shape index (κ3) is 5.54. The molecule has 2 aromatic heterocycles. The molecule has 2 aromatic rings. The summed E-state index contributed by atoms with van der Waals surface area (Å²) in [7, 11) is 0. The highest BCUT2D eigenvalue weighted by Crippen LogP contribution is 2.34. The van der Waals surface area contributed by atoms with Crippen LogP contribution >= 0.6 is 0 Å². The molecule has 3 rings (SSSR count). The number of fused-ring (bicyclic) bond motifs is 1. The number of esters is 1. The average Bonchev–Trinajstić information content (AvgIpc) is 3.25. The maximum absolute atomic E-state index is 12.6. The quantitative estimate of drug-likeness (QED) is 0.278. The Morgan fingerprint density at radius 3 is 2.81 bits per heavy atom. The first-order chi connectivity index (χ1) is 14.9. The molecule has 3 N–H and O–H groups in total. The van der Waals surface area contributed by atoms with Crippen molar-refractivity contribution < 1.29 is 14.3 Å². The Morgan fingerprint density at radius 1 is 1.26 bits per heavy atom. The van der Waals surface area contributed by atoms with Gasteiger partial charge in [0.2, 0.25) is 0 Å². The van der Waals surface area contributed by atoms with Gasteiger partial charge in [0.05, 0.1) is 35.3 Å². The number of nitrogens with zero attached hydrogens (tertiary/aromatic N) is 1. The summed E-state index contributed by atoms with van der Waals surface area (Å²) in [5, 5.41) is 6.29. The number of hydrogen-bond acceptors (Lipinski definition) is 5. The lowest BCUT2D eigenvalue weighted by molar-refractivity contribution is -0.110. The van der Waals surface area contributed by atoms with Gasteiger partial charge in [-0.05, 0) is 45.4 Å². The van der Waals surface area contributed by atoms with Crippen LogP contribution in [-0.2, 0) is 9.53 Å². The van der Waals surface area contributed by atoms with Crippen LogP contribution in [0.1, 0.15) is 80.2 Å². The van der Waals surface area contributed by atoms with Crippen molar-refractivity contribution in [3.63, 3.8) is 0 Å². The standard InChI is InChI=1S/C24H32N4O3/c1-5-7-8-9-10-15(3)27-22-13-17-18(23(29)28-21(17)14-25-22)12-20-19(11-16(4)26-20)24(30)31-6-2/h11-15,26H,5-10H2,1-4H3,(H,25,27)(H,28,29)/b18-12-/t15-/m1/s1. The van der Waals surface area contributed by atoms with Gasteiger partial charge in [-0.2, -0.15) is 0 Å². The number of carbonyl (C=O) groups is 2. The molecule has 166 valence electrons. The van der Waals surface area contributed by atoms with E-state index in [0.29, 0.717) is 35.2 Å². The van der Waals surface area contributed by atoms with Crippen LogP contribution in [0.25, 0.3) is 11.6 Å². The Labute approximate surface area is 183 Å². The SMILES string of the molecule is CCCCCC[C@@H](C)Nc1cc2c(cn1)NC(=O)/C2=C\c1[nH]c(C)cc1C(=O)OCC. The molecule has 1 aliphatic heterocycles. The van der Waals surface area contributed by atoms with Gasteiger partial charge in [0.1, 0.15) is 5.82 Å². The summed E-state index contributed by atoms with van der Waals surface area (Å²) in [6.45, 7) is 8.28. The smallest absolute Gasteiger partial charge is 0.340 e. The summed E-state index contributed by atoms with van der Waals surface area (Å²) in [5.41, 5.74) is 3.72. The first kappa shape index (κ1) is 22.6. The van der Waals surface area contributed by atoms with Crippen LogP contribution < -0.4 is 10.6 Å². The van der Waals surface area contributed by atoms with Gasteiger partial charge >= 0.3 is 5.97 Å². The van der Waals surface area contributed by atoms with Crippen molar-refractivity contribution in [1.82, 2.24) is 9.97 Å². The topological polar surface area (TPSA) is 96.1 Å². The summed E-state index contributed by atoms with van der Waals surface area (Å²) >= 11 is 0. The Hall–Kier alpha value is -3.09. The van der Waals surface area contributed by atoms with Gasteiger partial charge in [-0.15, -0.1) is 0 Å². The van der Waals surface area contributed by atoms with E-state index in [9.17, 15) is 9.59 Å². The molecule has 0 unspecified atom stereocenters. The van der Waals surface area contributed by atoms with E-state index in [1.807, 2.05) is 13.0 Å². The predicted molar refractivity (Wildman–Crippen MR) is 124 cm³/mol. The van der Waals surface area contributed by atoms with Crippen LogP contribution in [-0.4, -0.2) is 34.5 Å². The monoisotopic (exact) mass is 424 g/mol. The van der Waals surface area contributed by atoms with E-state index in [0.717, 1.165) is 23.5 Å². The molecule has 3 heterocycles. The molecule has 1 amide bonds. The molecule has 1 aliphatic rings. The molecular weight excluding hydrogens is 392 g/mol. The lowest BCUT2D eigenvalue weighted by atomic mass is 10.1. The molecule has 0 saturated heterocycles. The van der Waals surface area contributed by atoms with Gasteiger partial charge in [-0.1, -0.05) is 32.6 Å². The normalized spacial score (nSPS) is 15.0. The number of aromatic amines is 1. The second-order valence-corrected chi connectivity index (χ2v) is 8.02. The largest absolute Gasteiger partial charge is 0.462 e. The van der Waals surface area contributed by atoms with E-state index in [2.05, 4.69) is 34.4 Å². The van der Waals surface area contributed by atoms with Crippen molar-refractivity contribution in [2.75, 3.05) is 17.2 Å². The van der Waals surface area contributed by atoms with Gasteiger partial charge in [0, 0.05) is 17.3 Å². The van der Waals surface area contributed by atoms with Gasteiger partial charge in [0.25, 0.3) is 5.91 Å². The van der Waals surface area contributed by atoms with E-state index in [1.54, 1.807) is 25.3 Å². The second kappa shape index (κ2) is 10.3. The van der Waals surface area contributed by atoms with Crippen LogP contribution in [0.5, 0.6) is 0 Å². The molecule has 0 aliphatic carbocycles. The molecule has 0 radical (unpaired) electrons. The number of hydrogen-bond donors (Lipinski definition) is 3. The number of aryl methyl sites for hydroxylation is 1. The first-order valence-electron chi connectivity index (χ1n) is 11.1. The summed E-state index contributed by atoms with van der Waals surface area (Å²) < 4.78 is 5.14. The van der Waals surface area contributed by atoms with Gasteiger partial charge in [-0.3, -0.25) is 4.79 Å². The highest BCUT2D eigenvalue weighted by Gasteiger charge is 2.26. The predicted octanol–water partition coefficient (Wildman–Crippen LogP) is 5.16. The van der Waals surface area contributed by atoms with E-state index < -0.39 is 5.97 Å². The highest BCUT2D eigenvalue weighted by molar-refractivity contribution is 6.35. The third-order valence-corrected chi connectivity index (χ3v) is 5.34. The summed E-state index contributed by atoms with van der Waals surface area (Å²) in [6, 6.07) is 3.92. The number of pyridine rings is 1. The van der Waals surface area contributed by atoms with Crippen molar-refractivity contribution in [3.05, 3.63) is 40.8 Å². The minimum Gasteiger partial charge on any atom is -0.462 e. The number of H-pyrrole nitrogens is 1. The fraction of sp³-hybridized carbons (Fsp3) is 0.458. The van der Waals surface area contributed by atoms with Crippen LogP contribution in [0, 0.1) is 6.92 Å². The zero-order valence-electron chi connectivity index (χ0n) is 18.8. The Morgan fingerprint density at radius 2 is 2.06 bits per heavy atom. The number of anilines is 2. The van der Waals surface area contributed by atoms with Crippen molar-refractivity contribution in [2.24, 2.45) is 0 Å². The van der Waals surface area contributed by atoms with E-state index in [4.69, 9.17) is 4.74 Å². The lowest BCUT2D eigenvalue weighted by Crippen LogP contribution is -2.15. The molecule has 7 heteroatoms. The molecule has 0 aromatic carbocycles. The molecule has 0 spiro atoms. The number of nitrogens with one attached hydrogen (secondary N) is 3. The molecule has 1 atom stereocenters.